The number of carbonyl (C=O) groups is 1. The largest absolute Gasteiger partial charge is 0.479 e. The van der Waals surface area contributed by atoms with Gasteiger partial charge < -0.3 is 34.7 Å². The number of methoxy groups -OCH3 is 1. The normalized spacial score (nSPS) is 24.8. The summed E-state index contributed by atoms with van der Waals surface area (Å²) < 4.78 is 46.2. The van der Waals surface area contributed by atoms with Gasteiger partial charge in [0.25, 0.3) is 0 Å². The molecule has 0 bridgehead atoms. The van der Waals surface area contributed by atoms with Crippen molar-refractivity contribution in [3.63, 3.8) is 0 Å². The molecule has 2 aromatic carbocycles. The Morgan fingerprint density at radius 1 is 1.16 bits per heavy atom. The smallest absolute Gasteiger partial charge is 0.459 e. The quantitative estimate of drug-likeness (QED) is 0.0652. The van der Waals surface area contributed by atoms with Crippen LogP contribution < -0.4 is 20.1 Å². The molecule has 2 aliphatic rings. The van der Waals surface area contributed by atoms with Crippen molar-refractivity contribution in [1.29, 1.82) is 0 Å². The van der Waals surface area contributed by atoms with Crippen molar-refractivity contribution in [2.45, 2.75) is 89.1 Å². The van der Waals surface area contributed by atoms with E-state index in [0.29, 0.717) is 9.22 Å². The Kier molecular flexibility index (Phi) is 10.9. The number of fused-ring (bicyclic) bond motifs is 2. The summed E-state index contributed by atoms with van der Waals surface area (Å²) in [5, 5.41) is 27.4. The van der Waals surface area contributed by atoms with Crippen LogP contribution in [-0.2, 0) is 23.4 Å². The molecular formula is C33H42IN6O9P. The molecule has 17 heteroatoms. The van der Waals surface area contributed by atoms with Crippen LogP contribution in [0.1, 0.15) is 59.1 Å². The molecule has 2 fully saturated rings. The molecule has 0 spiro atoms. The van der Waals surface area contributed by atoms with E-state index in [-0.39, 0.29) is 40.8 Å². The Morgan fingerprint density at radius 2 is 1.88 bits per heavy atom. The van der Waals surface area contributed by atoms with Gasteiger partial charge in [-0.05, 0) is 50.0 Å². The molecule has 6 atom stereocenters. The second-order valence-electron chi connectivity index (χ2n) is 13.1. The van der Waals surface area contributed by atoms with Gasteiger partial charge in [0.05, 0.1) is 13.7 Å². The minimum Gasteiger partial charge on any atom is -0.479 e. The number of nitrogen functional groups attached to an aromatic ring is 1. The molecule has 1 saturated carbocycles. The average molecular weight is 825 g/mol. The number of hydrogen-bond donors (Lipinski definition) is 4. The first-order valence-electron chi connectivity index (χ1n) is 16.5. The number of nitrogens with zero attached hydrogens (tertiary/aromatic N) is 4. The van der Waals surface area contributed by atoms with Crippen molar-refractivity contribution in [2.24, 2.45) is 5.92 Å². The van der Waals surface area contributed by atoms with Gasteiger partial charge in [-0.3, -0.25) is 13.9 Å². The molecule has 15 nitrogen and oxygen atoms in total. The molecule has 270 valence electrons. The minimum absolute atomic E-state index is 0.0933. The number of benzene rings is 2. The Bertz CT molecular complexity index is 1900. The molecule has 2 aromatic heterocycles. The van der Waals surface area contributed by atoms with Gasteiger partial charge in [-0.1, -0.05) is 56.7 Å². The van der Waals surface area contributed by atoms with Crippen LogP contribution in [0.4, 0.5) is 5.95 Å². The molecule has 0 radical (unpaired) electrons. The summed E-state index contributed by atoms with van der Waals surface area (Å²) in [6.45, 7) is 4.49. The lowest BCUT2D eigenvalue weighted by Crippen LogP contribution is -2.45. The third-order valence-corrected chi connectivity index (χ3v) is 11.4. The maximum Gasteiger partial charge on any atom is 0.459 e. The number of carbonyl (C=O) groups excluding carboxylic acids is 1. The Morgan fingerprint density at radius 3 is 2.60 bits per heavy atom. The summed E-state index contributed by atoms with van der Waals surface area (Å²) in [5.41, 5.74) is 4.50. The van der Waals surface area contributed by atoms with Crippen LogP contribution in [0.3, 0.4) is 0 Å². The Balaban J connectivity index is 1.29. The lowest BCUT2D eigenvalue weighted by Gasteiger charge is -2.30. The Hall–Kier alpha value is -3.12. The summed E-state index contributed by atoms with van der Waals surface area (Å²) in [6, 6.07) is 11.7. The predicted molar refractivity (Wildman–Crippen MR) is 192 cm³/mol. The zero-order valence-electron chi connectivity index (χ0n) is 28.2. The molecule has 2 unspecified atom stereocenters. The van der Waals surface area contributed by atoms with Gasteiger partial charge >= 0.3 is 13.7 Å². The van der Waals surface area contributed by atoms with E-state index in [1.54, 1.807) is 26.0 Å². The van der Waals surface area contributed by atoms with Gasteiger partial charge in [-0.2, -0.15) is 15.1 Å². The van der Waals surface area contributed by atoms with Gasteiger partial charge in [-0.15, -0.1) is 0 Å². The van der Waals surface area contributed by atoms with Crippen LogP contribution in [0.15, 0.2) is 42.5 Å². The predicted octanol–water partition coefficient (Wildman–Crippen LogP) is 4.88. The van der Waals surface area contributed by atoms with E-state index in [1.807, 2.05) is 52.9 Å². The summed E-state index contributed by atoms with van der Waals surface area (Å²) >= 11 is 1.94. The van der Waals surface area contributed by atoms with Gasteiger partial charge in [0.2, 0.25) is 11.8 Å². The average Bonchev–Trinajstić information content (AvgIpc) is 3.52. The highest BCUT2D eigenvalue weighted by molar-refractivity contribution is 14.1. The number of aliphatic hydroxyl groups excluding tert-OH is 1. The first-order chi connectivity index (χ1) is 23.8. The lowest BCUT2D eigenvalue weighted by molar-refractivity contribution is -0.153. The number of nitrogens with two attached hydrogens (primary N) is 1. The number of ether oxygens (including phenoxy) is 3. The lowest BCUT2D eigenvalue weighted by atomic mass is 9.96. The van der Waals surface area contributed by atoms with Crippen LogP contribution in [0, 0.1) is 9.75 Å². The summed E-state index contributed by atoms with van der Waals surface area (Å²) in [7, 11) is -3.01. The van der Waals surface area contributed by atoms with Crippen molar-refractivity contribution >= 4 is 64.2 Å². The molecule has 1 saturated heterocycles. The van der Waals surface area contributed by atoms with Crippen molar-refractivity contribution < 1.29 is 42.8 Å². The van der Waals surface area contributed by atoms with E-state index in [1.165, 1.54) is 18.6 Å². The molecule has 1 aliphatic heterocycles. The van der Waals surface area contributed by atoms with Gasteiger partial charge in [-0.25, -0.2) is 9.55 Å². The maximum atomic E-state index is 14.8. The van der Waals surface area contributed by atoms with E-state index < -0.39 is 50.4 Å². The van der Waals surface area contributed by atoms with E-state index >= 15 is 0 Å². The first-order valence-corrected chi connectivity index (χ1v) is 19.1. The maximum absolute atomic E-state index is 14.8. The number of nitrogens with one attached hydrogen (secondary N) is 1. The number of rotatable bonds is 12. The van der Waals surface area contributed by atoms with Crippen LogP contribution in [0.2, 0.25) is 0 Å². The third kappa shape index (κ3) is 7.43. The van der Waals surface area contributed by atoms with Crippen molar-refractivity contribution in [3.05, 3.63) is 46.3 Å². The fourth-order valence-electron chi connectivity index (χ4n) is 6.37. The van der Waals surface area contributed by atoms with Crippen molar-refractivity contribution in [1.82, 2.24) is 24.6 Å². The van der Waals surface area contributed by atoms with E-state index in [9.17, 15) is 19.6 Å². The number of imidazole rings is 1. The number of hydrogen-bond acceptors (Lipinski definition) is 13. The minimum atomic E-state index is -4.43. The van der Waals surface area contributed by atoms with Gasteiger partial charge in [0, 0.05) is 28.0 Å². The topological polar surface area (TPSA) is 202 Å². The van der Waals surface area contributed by atoms with E-state index in [0.717, 1.165) is 37.5 Å². The highest BCUT2D eigenvalue weighted by Crippen LogP contribution is 2.49. The summed E-state index contributed by atoms with van der Waals surface area (Å²) in [4.78, 5) is 26.4. The van der Waals surface area contributed by atoms with E-state index in [2.05, 4.69) is 20.0 Å². The fraction of sp³-hybridized carbons (Fsp3) is 0.515. The number of aliphatic hydroxyl groups is 2. The second kappa shape index (κ2) is 14.9. The molecule has 50 heavy (non-hydrogen) atoms. The van der Waals surface area contributed by atoms with Crippen LogP contribution in [0.5, 0.6) is 11.6 Å². The molecular weight excluding hydrogens is 782 g/mol. The highest BCUT2D eigenvalue weighted by Gasteiger charge is 2.55. The van der Waals surface area contributed by atoms with E-state index in [4.69, 9.17) is 29.0 Å². The number of halogens is 1. The third-order valence-electron chi connectivity index (χ3n) is 9.09. The standard InChI is InChI=1S/C33H42IN6O9P/c1-18(2)24(29(42)47-20-13-6-5-7-14-20)39-50(44,49-22-16-10-12-19-11-8-9-15-21(19)22)46-17-23-26(41)33(3,43)30(48-23)40-27-25(36-31(40)34)28(45-4)38-32(35)37-27/h8-12,15-16,18,20,23-24,26,30,41,43H,5-7,13-14,17H2,1-4H3,(H,39,44)(H2,35,37,38)/t23-,24?,26-,30-,33-,50?/m1/s1. The second-order valence-corrected chi connectivity index (χ2v) is 15.8. The fourth-order valence-corrected chi connectivity index (χ4v) is 8.78. The molecule has 3 heterocycles. The van der Waals surface area contributed by atoms with Gasteiger partial charge in [0.1, 0.15) is 35.7 Å². The molecule has 5 N–H and O–H groups in total. The SMILES string of the molecule is COc1nc(N)nc2c1nc(I)n2[C@@H]1O[C@H](COP(=O)(NC(C(=O)OC2CCCCC2)C(C)C)Oc2cccc3ccccc23)[C@@H](O)[C@@]1(C)O. The van der Waals surface area contributed by atoms with Crippen LogP contribution >= 0.6 is 30.3 Å². The number of aromatic nitrogens is 4. The molecule has 4 aromatic rings. The van der Waals surface area contributed by atoms with Gasteiger partial charge in [0.15, 0.2) is 21.2 Å². The van der Waals surface area contributed by atoms with Crippen molar-refractivity contribution in [2.75, 3.05) is 19.5 Å². The molecule has 1 aliphatic carbocycles. The summed E-state index contributed by atoms with van der Waals surface area (Å²) in [6.07, 6.45) is 0.366. The molecule has 6 rings (SSSR count). The summed E-state index contributed by atoms with van der Waals surface area (Å²) in [5.74, 6) is -0.632. The van der Waals surface area contributed by atoms with Crippen molar-refractivity contribution in [3.8, 4) is 11.6 Å². The number of esters is 1. The zero-order chi connectivity index (χ0) is 35.8. The highest BCUT2D eigenvalue weighted by atomic mass is 127. The van der Waals surface area contributed by atoms with Crippen LogP contribution in [-0.4, -0.2) is 79.4 Å². The number of anilines is 1. The zero-order valence-corrected chi connectivity index (χ0v) is 31.2. The van der Waals surface area contributed by atoms with Crippen LogP contribution in [0.25, 0.3) is 21.9 Å². The Labute approximate surface area is 302 Å². The first kappa shape index (κ1) is 36.7. The molecule has 0 amide bonds. The monoisotopic (exact) mass is 824 g/mol.